The molecule has 4 rings (SSSR count). The molecule has 0 bridgehead atoms. The molecule has 0 spiro atoms. The van der Waals surface area contributed by atoms with Gasteiger partial charge in [-0.1, -0.05) is 18.2 Å². The molecule has 0 saturated heterocycles. The standard InChI is InChI=1S/C22H17N3O3S/c1-27-20-12-7-15(13-23-20)22-24-14-19(29-22)21(26)25-16-8-10-18(11-9-16)28-17-5-3-2-4-6-17/h2-14H,1H3,(H,25,26). The number of para-hydroxylation sites is 1. The average Bonchev–Trinajstić information content (AvgIpc) is 3.26. The van der Waals surface area contributed by atoms with Gasteiger partial charge in [-0.25, -0.2) is 9.97 Å². The third-order valence-corrected chi connectivity index (χ3v) is 5.06. The lowest BCUT2D eigenvalue weighted by atomic mass is 10.3. The zero-order valence-corrected chi connectivity index (χ0v) is 16.3. The zero-order chi connectivity index (χ0) is 20.1. The van der Waals surface area contributed by atoms with E-state index in [0.29, 0.717) is 22.2 Å². The number of thiazole rings is 1. The number of amides is 1. The van der Waals surface area contributed by atoms with Crippen LogP contribution < -0.4 is 14.8 Å². The molecule has 2 heterocycles. The maximum Gasteiger partial charge on any atom is 0.267 e. The van der Waals surface area contributed by atoms with Gasteiger partial charge < -0.3 is 14.8 Å². The van der Waals surface area contributed by atoms with E-state index in [-0.39, 0.29) is 5.91 Å². The summed E-state index contributed by atoms with van der Waals surface area (Å²) in [6, 6.07) is 20.4. The van der Waals surface area contributed by atoms with Gasteiger partial charge in [0.2, 0.25) is 5.88 Å². The minimum atomic E-state index is -0.216. The largest absolute Gasteiger partial charge is 0.481 e. The number of anilines is 1. The highest BCUT2D eigenvalue weighted by molar-refractivity contribution is 7.17. The summed E-state index contributed by atoms with van der Waals surface area (Å²) in [6.07, 6.45) is 3.23. The summed E-state index contributed by atoms with van der Waals surface area (Å²) in [5.74, 6) is 1.77. The van der Waals surface area contributed by atoms with Crippen molar-refractivity contribution in [3.63, 3.8) is 0 Å². The fraction of sp³-hybridized carbons (Fsp3) is 0.0455. The molecule has 1 N–H and O–H groups in total. The maximum absolute atomic E-state index is 12.5. The molecule has 0 radical (unpaired) electrons. The topological polar surface area (TPSA) is 73.3 Å². The number of nitrogens with one attached hydrogen (secondary N) is 1. The van der Waals surface area contributed by atoms with Crippen molar-refractivity contribution in [2.45, 2.75) is 0 Å². The van der Waals surface area contributed by atoms with Gasteiger partial charge in [0.25, 0.3) is 5.91 Å². The van der Waals surface area contributed by atoms with Gasteiger partial charge in [0, 0.05) is 23.5 Å². The van der Waals surface area contributed by atoms with Gasteiger partial charge in [-0.2, -0.15) is 0 Å². The van der Waals surface area contributed by atoms with E-state index in [0.717, 1.165) is 16.3 Å². The van der Waals surface area contributed by atoms with Crippen molar-refractivity contribution in [3.05, 3.63) is 84.0 Å². The number of benzene rings is 2. The van der Waals surface area contributed by atoms with Crippen LogP contribution in [0.4, 0.5) is 5.69 Å². The van der Waals surface area contributed by atoms with Crippen LogP contribution in [0.1, 0.15) is 9.67 Å². The number of ether oxygens (including phenoxy) is 2. The van der Waals surface area contributed by atoms with Crippen molar-refractivity contribution < 1.29 is 14.3 Å². The van der Waals surface area contributed by atoms with E-state index in [2.05, 4.69) is 15.3 Å². The Morgan fingerprint density at radius 2 is 1.66 bits per heavy atom. The van der Waals surface area contributed by atoms with Crippen molar-refractivity contribution in [1.29, 1.82) is 0 Å². The molecular formula is C22H17N3O3S. The second-order valence-electron chi connectivity index (χ2n) is 6.01. The van der Waals surface area contributed by atoms with E-state index >= 15 is 0 Å². The van der Waals surface area contributed by atoms with Crippen LogP contribution in [-0.4, -0.2) is 23.0 Å². The van der Waals surface area contributed by atoms with Gasteiger partial charge in [0.05, 0.1) is 13.3 Å². The molecule has 0 saturated carbocycles. The monoisotopic (exact) mass is 403 g/mol. The Bertz CT molecular complexity index is 1090. The van der Waals surface area contributed by atoms with E-state index in [1.807, 2.05) is 48.5 Å². The first kappa shape index (κ1) is 18.6. The molecule has 0 atom stereocenters. The SMILES string of the molecule is COc1ccc(-c2ncc(C(=O)Nc3ccc(Oc4ccccc4)cc3)s2)cn1. The first-order valence-corrected chi connectivity index (χ1v) is 9.63. The molecule has 144 valence electrons. The molecule has 0 fully saturated rings. The summed E-state index contributed by atoms with van der Waals surface area (Å²) in [6.45, 7) is 0. The fourth-order valence-electron chi connectivity index (χ4n) is 2.56. The Morgan fingerprint density at radius 3 is 2.34 bits per heavy atom. The van der Waals surface area contributed by atoms with Gasteiger partial charge in [0.15, 0.2) is 0 Å². The Balaban J connectivity index is 1.41. The zero-order valence-electron chi connectivity index (χ0n) is 15.5. The average molecular weight is 403 g/mol. The van der Waals surface area contributed by atoms with Crippen LogP contribution in [0.15, 0.2) is 79.1 Å². The summed E-state index contributed by atoms with van der Waals surface area (Å²) < 4.78 is 10.8. The van der Waals surface area contributed by atoms with Gasteiger partial charge in [0.1, 0.15) is 21.4 Å². The van der Waals surface area contributed by atoms with E-state index < -0.39 is 0 Å². The first-order valence-electron chi connectivity index (χ1n) is 8.82. The number of carbonyl (C=O) groups is 1. The van der Waals surface area contributed by atoms with Crippen molar-refractivity contribution in [1.82, 2.24) is 9.97 Å². The molecule has 0 unspecified atom stereocenters. The number of nitrogens with zero attached hydrogens (tertiary/aromatic N) is 2. The van der Waals surface area contributed by atoms with E-state index in [1.54, 1.807) is 37.7 Å². The molecule has 0 aliphatic rings. The van der Waals surface area contributed by atoms with Crippen molar-refractivity contribution in [2.24, 2.45) is 0 Å². The van der Waals surface area contributed by atoms with E-state index in [1.165, 1.54) is 11.3 Å². The molecule has 0 aliphatic carbocycles. The van der Waals surface area contributed by atoms with Gasteiger partial charge in [-0.15, -0.1) is 11.3 Å². The molecule has 2 aromatic heterocycles. The number of carbonyl (C=O) groups excluding carboxylic acids is 1. The van der Waals surface area contributed by atoms with Crippen LogP contribution in [-0.2, 0) is 0 Å². The number of rotatable bonds is 6. The third kappa shape index (κ3) is 4.59. The van der Waals surface area contributed by atoms with Crippen molar-refractivity contribution in [3.8, 4) is 28.0 Å². The highest BCUT2D eigenvalue weighted by Gasteiger charge is 2.12. The lowest BCUT2D eigenvalue weighted by Gasteiger charge is -2.07. The van der Waals surface area contributed by atoms with E-state index in [9.17, 15) is 4.79 Å². The summed E-state index contributed by atoms with van der Waals surface area (Å²) in [7, 11) is 1.56. The minimum absolute atomic E-state index is 0.216. The number of aromatic nitrogens is 2. The molecule has 2 aromatic carbocycles. The normalized spacial score (nSPS) is 10.4. The van der Waals surface area contributed by atoms with Crippen LogP contribution in [0.2, 0.25) is 0 Å². The molecule has 4 aromatic rings. The number of hydrogen-bond acceptors (Lipinski definition) is 6. The number of hydrogen-bond donors (Lipinski definition) is 1. The molecule has 1 amide bonds. The minimum Gasteiger partial charge on any atom is -0.481 e. The van der Waals surface area contributed by atoms with Crippen LogP contribution in [0.3, 0.4) is 0 Å². The Kier molecular flexibility index (Phi) is 5.49. The summed E-state index contributed by atoms with van der Waals surface area (Å²) in [4.78, 5) is 21.5. The van der Waals surface area contributed by atoms with Gasteiger partial charge in [-0.3, -0.25) is 4.79 Å². The number of methoxy groups -OCH3 is 1. The van der Waals surface area contributed by atoms with Gasteiger partial charge >= 0.3 is 0 Å². The fourth-order valence-corrected chi connectivity index (χ4v) is 3.37. The van der Waals surface area contributed by atoms with Crippen molar-refractivity contribution >= 4 is 22.9 Å². The lowest BCUT2D eigenvalue weighted by molar-refractivity contribution is 0.103. The highest BCUT2D eigenvalue weighted by Crippen LogP contribution is 2.27. The quantitative estimate of drug-likeness (QED) is 0.475. The second-order valence-corrected chi connectivity index (χ2v) is 7.04. The molecular weight excluding hydrogens is 386 g/mol. The van der Waals surface area contributed by atoms with Crippen LogP contribution >= 0.6 is 11.3 Å². The lowest BCUT2D eigenvalue weighted by Crippen LogP contribution is -2.09. The molecule has 6 nitrogen and oxygen atoms in total. The maximum atomic E-state index is 12.5. The molecule has 7 heteroatoms. The second kappa shape index (κ2) is 8.53. The predicted octanol–water partition coefficient (Wildman–Crippen LogP) is 5.26. The highest BCUT2D eigenvalue weighted by atomic mass is 32.1. The molecule has 0 aliphatic heterocycles. The van der Waals surface area contributed by atoms with Crippen LogP contribution in [0.25, 0.3) is 10.6 Å². The first-order chi connectivity index (χ1) is 14.2. The molecule has 29 heavy (non-hydrogen) atoms. The smallest absolute Gasteiger partial charge is 0.267 e. The Morgan fingerprint density at radius 1 is 0.897 bits per heavy atom. The predicted molar refractivity (Wildman–Crippen MR) is 113 cm³/mol. The third-order valence-electron chi connectivity index (χ3n) is 4.01. The summed E-state index contributed by atoms with van der Waals surface area (Å²) in [5.41, 5.74) is 1.51. The van der Waals surface area contributed by atoms with Gasteiger partial charge in [-0.05, 0) is 42.5 Å². The van der Waals surface area contributed by atoms with E-state index in [4.69, 9.17) is 9.47 Å². The van der Waals surface area contributed by atoms with Crippen LogP contribution in [0, 0.1) is 0 Å². The summed E-state index contributed by atoms with van der Waals surface area (Å²) in [5, 5.41) is 3.59. The number of pyridine rings is 1. The Hall–Kier alpha value is -3.71. The van der Waals surface area contributed by atoms with Crippen molar-refractivity contribution in [2.75, 3.05) is 12.4 Å². The Labute approximate surface area is 171 Å². The summed E-state index contributed by atoms with van der Waals surface area (Å²) >= 11 is 1.30. The van der Waals surface area contributed by atoms with Crippen LogP contribution in [0.5, 0.6) is 17.4 Å².